The average molecular weight is 560 g/mol. The number of hydrogen-bond acceptors (Lipinski definition) is 9. The van der Waals surface area contributed by atoms with E-state index in [0.29, 0.717) is 50.0 Å². The number of esters is 1. The zero-order valence-electron chi connectivity index (χ0n) is 22.0. The number of ether oxygens (including phenoxy) is 2. The van der Waals surface area contributed by atoms with Crippen LogP contribution in [0.1, 0.15) is 38.1 Å². The highest BCUT2D eigenvalue weighted by atomic mass is 32.1. The molecule has 0 saturated heterocycles. The molecule has 0 aliphatic carbocycles. The first-order valence-corrected chi connectivity index (χ1v) is 13.4. The number of rotatable bonds is 8. The Kier molecular flexibility index (Phi) is 7.47. The van der Waals surface area contributed by atoms with Crippen LogP contribution >= 0.6 is 11.3 Å². The van der Waals surface area contributed by atoms with Gasteiger partial charge in [0.05, 0.1) is 33.9 Å². The van der Waals surface area contributed by atoms with E-state index in [1.165, 1.54) is 28.0 Å². The minimum absolute atomic E-state index is 0.0189. The van der Waals surface area contributed by atoms with Gasteiger partial charge < -0.3 is 13.9 Å². The van der Waals surface area contributed by atoms with Gasteiger partial charge in [-0.15, -0.1) is 0 Å². The molecule has 2 aromatic carbocycles. The first-order chi connectivity index (χ1) is 19.3. The molecule has 204 valence electrons. The number of benzene rings is 2. The van der Waals surface area contributed by atoms with Crippen molar-refractivity contribution < 1.29 is 23.6 Å². The molecule has 0 amide bonds. The molecule has 0 radical (unpaired) electrons. The molecule has 1 aliphatic heterocycles. The van der Waals surface area contributed by atoms with E-state index in [0.717, 1.165) is 0 Å². The van der Waals surface area contributed by atoms with Crippen molar-refractivity contribution in [1.82, 2.24) is 4.57 Å². The molecule has 10 nitrogen and oxygen atoms in total. The van der Waals surface area contributed by atoms with Gasteiger partial charge in [-0.2, -0.15) is 0 Å². The van der Waals surface area contributed by atoms with Gasteiger partial charge in [0.1, 0.15) is 23.3 Å². The number of non-ortho nitro benzene ring substituents is 1. The van der Waals surface area contributed by atoms with Crippen molar-refractivity contribution in [1.29, 1.82) is 0 Å². The zero-order valence-corrected chi connectivity index (χ0v) is 22.8. The topological polar surface area (TPSA) is 126 Å². The largest absolute Gasteiger partial charge is 0.494 e. The van der Waals surface area contributed by atoms with Gasteiger partial charge in [-0.1, -0.05) is 29.5 Å². The van der Waals surface area contributed by atoms with Crippen LogP contribution in [0, 0.1) is 10.1 Å². The number of carbonyl (C=O) groups is 1. The lowest BCUT2D eigenvalue weighted by molar-refractivity contribution is -0.384. The minimum atomic E-state index is -0.799. The summed E-state index contributed by atoms with van der Waals surface area (Å²) in [6, 6.07) is 15.9. The molecular formula is C29H25N3O7S. The number of nitro benzene ring substituents is 1. The standard InChI is InChI=1S/C29H25N3O7S/c1-4-37-23-9-7-6-8-21(23)26-25(28(34)38-5-2)17(3)30-29-31(26)27(33)24(40-29)16-20-14-15-22(39-20)18-10-12-19(13-11-18)32(35)36/h6-16,26H,4-5H2,1-3H3/b24-16-/t26-/m0/s1. The fourth-order valence-electron chi connectivity index (χ4n) is 4.54. The van der Waals surface area contributed by atoms with Crippen LogP contribution in [-0.2, 0) is 9.53 Å². The Morgan fingerprint density at radius 3 is 2.58 bits per heavy atom. The maximum atomic E-state index is 13.8. The van der Waals surface area contributed by atoms with Gasteiger partial charge >= 0.3 is 5.97 Å². The number of hydrogen-bond donors (Lipinski definition) is 0. The second-order valence-electron chi connectivity index (χ2n) is 8.78. The summed E-state index contributed by atoms with van der Waals surface area (Å²) in [6.45, 7) is 5.90. The van der Waals surface area contributed by atoms with Crippen molar-refractivity contribution in [2.45, 2.75) is 26.8 Å². The predicted octanol–water partition coefficient (Wildman–Crippen LogP) is 4.37. The molecule has 5 rings (SSSR count). The smallest absolute Gasteiger partial charge is 0.338 e. The van der Waals surface area contributed by atoms with Crippen LogP contribution < -0.4 is 19.6 Å². The molecule has 0 fully saturated rings. The molecule has 0 spiro atoms. The first kappa shape index (κ1) is 26.8. The lowest BCUT2D eigenvalue weighted by atomic mass is 9.95. The molecule has 3 heterocycles. The van der Waals surface area contributed by atoms with E-state index < -0.39 is 16.9 Å². The number of nitro groups is 1. The van der Waals surface area contributed by atoms with E-state index >= 15 is 0 Å². The number of aromatic nitrogens is 1. The summed E-state index contributed by atoms with van der Waals surface area (Å²) in [5, 5.41) is 11.0. The summed E-state index contributed by atoms with van der Waals surface area (Å²) < 4.78 is 19.0. The lowest BCUT2D eigenvalue weighted by Gasteiger charge is -2.26. The summed E-state index contributed by atoms with van der Waals surface area (Å²) in [5.41, 5.74) is 1.67. The summed E-state index contributed by atoms with van der Waals surface area (Å²) in [5.74, 6) is 0.928. The SMILES string of the molecule is CCOC(=O)C1=C(C)N=c2s/c(=C\c3ccc(-c4ccc([N+](=O)[O-])cc4)o3)c(=O)n2[C@H]1c1ccccc1OCC. The van der Waals surface area contributed by atoms with E-state index in [1.54, 1.807) is 50.3 Å². The third-order valence-electron chi connectivity index (χ3n) is 6.29. The van der Waals surface area contributed by atoms with Gasteiger partial charge in [-0.3, -0.25) is 19.5 Å². The van der Waals surface area contributed by atoms with Crippen LogP contribution in [0.25, 0.3) is 17.4 Å². The van der Waals surface area contributed by atoms with Crippen molar-refractivity contribution in [2.24, 2.45) is 4.99 Å². The molecule has 2 aromatic heterocycles. The average Bonchev–Trinajstić information content (AvgIpc) is 3.53. The van der Waals surface area contributed by atoms with E-state index in [4.69, 9.17) is 13.9 Å². The second kappa shape index (κ2) is 11.1. The molecule has 0 saturated carbocycles. The predicted molar refractivity (Wildman–Crippen MR) is 149 cm³/mol. The number of nitrogens with zero attached hydrogens (tertiary/aromatic N) is 3. The Morgan fingerprint density at radius 2 is 1.88 bits per heavy atom. The zero-order chi connectivity index (χ0) is 28.4. The Morgan fingerprint density at radius 1 is 1.12 bits per heavy atom. The van der Waals surface area contributed by atoms with Crippen LogP contribution in [0.5, 0.6) is 5.75 Å². The van der Waals surface area contributed by atoms with Crippen molar-refractivity contribution in [3.05, 3.63) is 113 Å². The molecule has 1 aliphatic rings. The number of carbonyl (C=O) groups excluding carboxylic acids is 1. The summed E-state index contributed by atoms with van der Waals surface area (Å²) in [6.07, 6.45) is 1.62. The lowest BCUT2D eigenvalue weighted by Crippen LogP contribution is -2.40. The van der Waals surface area contributed by atoms with Gasteiger partial charge in [0.2, 0.25) is 0 Å². The minimum Gasteiger partial charge on any atom is -0.494 e. The van der Waals surface area contributed by atoms with Crippen molar-refractivity contribution in [3.8, 4) is 17.1 Å². The first-order valence-electron chi connectivity index (χ1n) is 12.6. The van der Waals surface area contributed by atoms with Gasteiger partial charge in [0, 0.05) is 29.3 Å². The van der Waals surface area contributed by atoms with Crippen LogP contribution in [0.15, 0.2) is 86.1 Å². The van der Waals surface area contributed by atoms with Gasteiger partial charge in [-0.25, -0.2) is 9.79 Å². The van der Waals surface area contributed by atoms with E-state index in [9.17, 15) is 19.7 Å². The van der Waals surface area contributed by atoms with Gasteiger partial charge in [-0.05, 0) is 51.1 Å². The summed E-state index contributed by atoms with van der Waals surface area (Å²) >= 11 is 1.18. The molecule has 4 aromatic rings. The van der Waals surface area contributed by atoms with Crippen LogP contribution in [0.3, 0.4) is 0 Å². The molecule has 11 heteroatoms. The molecule has 0 N–H and O–H groups in total. The number of furan rings is 1. The highest BCUT2D eigenvalue weighted by Crippen LogP contribution is 2.36. The molecule has 1 atom stereocenters. The number of thiazole rings is 1. The summed E-state index contributed by atoms with van der Waals surface area (Å²) in [4.78, 5) is 42.5. The molecule has 0 bridgehead atoms. The highest BCUT2D eigenvalue weighted by molar-refractivity contribution is 7.07. The van der Waals surface area contributed by atoms with Gasteiger partial charge in [0.15, 0.2) is 4.80 Å². The fourth-order valence-corrected chi connectivity index (χ4v) is 5.57. The number of allylic oxidation sites excluding steroid dienone is 1. The van der Waals surface area contributed by atoms with E-state index in [2.05, 4.69) is 4.99 Å². The van der Waals surface area contributed by atoms with Crippen molar-refractivity contribution >= 4 is 29.1 Å². The number of fused-ring (bicyclic) bond motifs is 1. The Bertz CT molecular complexity index is 1810. The van der Waals surface area contributed by atoms with Crippen molar-refractivity contribution in [2.75, 3.05) is 13.2 Å². The van der Waals surface area contributed by atoms with E-state index in [1.807, 2.05) is 25.1 Å². The van der Waals surface area contributed by atoms with Crippen LogP contribution in [0.4, 0.5) is 5.69 Å². The maximum absolute atomic E-state index is 13.8. The Hall–Kier alpha value is -4.77. The Balaban J connectivity index is 1.62. The molecular weight excluding hydrogens is 534 g/mol. The van der Waals surface area contributed by atoms with Crippen LogP contribution in [-0.4, -0.2) is 28.7 Å². The normalized spacial score (nSPS) is 15.0. The summed E-state index contributed by atoms with van der Waals surface area (Å²) in [7, 11) is 0. The third kappa shape index (κ3) is 4.98. The van der Waals surface area contributed by atoms with E-state index in [-0.39, 0.29) is 23.4 Å². The van der Waals surface area contributed by atoms with Crippen LogP contribution in [0.2, 0.25) is 0 Å². The van der Waals surface area contributed by atoms with Crippen molar-refractivity contribution in [3.63, 3.8) is 0 Å². The quantitative estimate of drug-likeness (QED) is 0.178. The number of para-hydroxylation sites is 1. The second-order valence-corrected chi connectivity index (χ2v) is 9.79. The Labute approximate surface area is 232 Å². The van der Waals surface area contributed by atoms with Gasteiger partial charge in [0.25, 0.3) is 11.2 Å². The fraction of sp³-hybridized carbons (Fsp3) is 0.207. The molecule has 0 unspecified atom stereocenters. The monoisotopic (exact) mass is 559 g/mol. The highest BCUT2D eigenvalue weighted by Gasteiger charge is 2.35. The maximum Gasteiger partial charge on any atom is 0.338 e. The molecule has 40 heavy (non-hydrogen) atoms. The third-order valence-corrected chi connectivity index (χ3v) is 7.28.